The highest BCUT2D eigenvalue weighted by Gasteiger charge is 2.41. The van der Waals surface area contributed by atoms with Crippen LogP contribution in [0.3, 0.4) is 0 Å². The molecule has 3 saturated carbocycles. The van der Waals surface area contributed by atoms with Crippen LogP contribution in [0.4, 0.5) is 17.1 Å². The van der Waals surface area contributed by atoms with Crippen molar-refractivity contribution in [1.82, 2.24) is 0 Å². The summed E-state index contributed by atoms with van der Waals surface area (Å²) in [5, 5.41) is 2.80. The molecule has 11 rings (SSSR count). The molecule has 0 N–H and O–H groups in total. The van der Waals surface area contributed by atoms with Gasteiger partial charge in [-0.1, -0.05) is 155 Å². The molecule has 0 amide bonds. The van der Waals surface area contributed by atoms with Crippen LogP contribution in [0.2, 0.25) is 0 Å². The van der Waals surface area contributed by atoms with Gasteiger partial charge in [0.1, 0.15) is 0 Å². The molecule has 0 spiro atoms. The van der Waals surface area contributed by atoms with Crippen LogP contribution in [0, 0.1) is 11.8 Å². The lowest BCUT2D eigenvalue weighted by atomic mass is 9.81. The Labute approximate surface area is 339 Å². The van der Waals surface area contributed by atoms with Gasteiger partial charge in [-0.2, -0.15) is 0 Å². The first-order chi connectivity index (χ1) is 28.0. The van der Waals surface area contributed by atoms with Crippen molar-refractivity contribution in [2.45, 2.75) is 88.9 Å². The van der Waals surface area contributed by atoms with E-state index in [9.17, 15) is 0 Å². The molecule has 0 aromatic heterocycles. The van der Waals surface area contributed by atoms with E-state index in [4.69, 9.17) is 0 Å². The highest BCUT2D eigenvalue weighted by Crippen LogP contribution is 2.56. The van der Waals surface area contributed by atoms with E-state index >= 15 is 0 Å². The molecule has 0 heterocycles. The largest absolute Gasteiger partial charge is 0.310 e. The average molecular weight is 740 g/mol. The molecule has 3 unspecified atom stereocenters. The number of benzene rings is 7. The summed E-state index contributed by atoms with van der Waals surface area (Å²) in [6.45, 7) is 4.83. The molecule has 0 radical (unpaired) electrons. The number of nitrogens with zero attached hydrogens (tertiary/aromatic N) is 1. The maximum Gasteiger partial charge on any atom is 0.0540 e. The lowest BCUT2D eigenvalue weighted by Crippen LogP contribution is -2.17. The first-order valence-electron chi connectivity index (χ1n) is 21.9. The van der Waals surface area contributed by atoms with Gasteiger partial charge in [-0.05, 0) is 153 Å². The van der Waals surface area contributed by atoms with E-state index in [0.717, 1.165) is 11.8 Å². The maximum absolute atomic E-state index is 2.57. The molecular weight excluding hydrogens is 687 g/mol. The topological polar surface area (TPSA) is 3.24 Å². The molecule has 0 saturated heterocycles. The molecule has 2 bridgehead atoms. The predicted molar refractivity (Wildman–Crippen MR) is 241 cm³/mol. The lowest BCUT2D eigenvalue weighted by molar-refractivity contribution is 0.422. The lowest BCUT2D eigenvalue weighted by Gasteiger charge is -2.31. The molecule has 7 aromatic carbocycles. The van der Waals surface area contributed by atoms with Crippen LogP contribution >= 0.6 is 0 Å². The summed E-state index contributed by atoms with van der Waals surface area (Å²) in [6.07, 6.45) is 12.4. The molecule has 1 nitrogen and oxygen atoms in total. The second-order valence-electron chi connectivity index (χ2n) is 18.3. The van der Waals surface area contributed by atoms with Gasteiger partial charge in [-0.25, -0.2) is 0 Å². The van der Waals surface area contributed by atoms with Gasteiger partial charge in [0.25, 0.3) is 0 Å². The molecule has 0 aliphatic heterocycles. The van der Waals surface area contributed by atoms with Crippen LogP contribution in [0.25, 0.3) is 44.2 Å². The maximum atomic E-state index is 2.57. The molecule has 7 aromatic rings. The molecule has 3 fully saturated rings. The number of hydrogen-bond acceptors (Lipinski definition) is 1. The Hall–Kier alpha value is -5.40. The zero-order valence-electron chi connectivity index (χ0n) is 33.6. The second-order valence-corrected chi connectivity index (χ2v) is 18.3. The number of fused-ring (bicyclic) bond motifs is 6. The van der Waals surface area contributed by atoms with E-state index in [2.05, 4.69) is 170 Å². The summed E-state index contributed by atoms with van der Waals surface area (Å²) < 4.78 is 0. The van der Waals surface area contributed by atoms with Crippen molar-refractivity contribution in [3.8, 4) is 33.4 Å². The van der Waals surface area contributed by atoms with Gasteiger partial charge in [-0.3, -0.25) is 0 Å². The van der Waals surface area contributed by atoms with E-state index in [1.807, 2.05) is 0 Å². The quantitative estimate of drug-likeness (QED) is 0.157. The summed E-state index contributed by atoms with van der Waals surface area (Å²) in [5.41, 5.74) is 17.2. The molecule has 57 heavy (non-hydrogen) atoms. The van der Waals surface area contributed by atoms with E-state index in [-0.39, 0.29) is 5.41 Å². The van der Waals surface area contributed by atoms with Gasteiger partial charge in [0.15, 0.2) is 0 Å². The fourth-order valence-electron chi connectivity index (χ4n) is 11.8. The van der Waals surface area contributed by atoms with E-state index in [0.29, 0.717) is 11.8 Å². The summed E-state index contributed by atoms with van der Waals surface area (Å²) in [4.78, 5) is 2.57. The van der Waals surface area contributed by atoms with Gasteiger partial charge in [0, 0.05) is 22.2 Å². The summed E-state index contributed by atoms with van der Waals surface area (Å²) >= 11 is 0. The minimum atomic E-state index is -0.124. The fourth-order valence-corrected chi connectivity index (χ4v) is 11.8. The monoisotopic (exact) mass is 739 g/mol. The van der Waals surface area contributed by atoms with Crippen LogP contribution in [0.1, 0.15) is 106 Å². The highest BCUT2D eigenvalue weighted by atomic mass is 15.1. The standard InChI is InChI=1S/C56H53N/c1-56(2)53-31-25-43(42-21-19-40(20-22-42)38-11-5-3-6-12-38)35-52(53)49-29-28-46(36-54(49)56)57(45-26-23-41(24-27-45)39-13-7-4-8-14-39)55-32-30-48(47-15-9-10-16-50(47)55)51-34-37-17-18-44(51)33-37/h3,5-6,9-12,15-16,19-32,35-37,39,44,51H,4,7-8,13-14,17-18,33-34H2,1-2H3. The third-order valence-corrected chi connectivity index (χ3v) is 14.8. The fraction of sp³-hybridized carbons (Fsp3) is 0.286. The molecule has 4 aliphatic carbocycles. The molecule has 282 valence electrons. The first-order valence-corrected chi connectivity index (χ1v) is 21.9. The Morgan fingerprint density at radius 2 is 1.18 bits per heavy atom. The van der Waals surface area contributed by atoms with Crippen molar-refractivity contribution in [3.63, 3.8) is 0 Å². The van der Waals surface area contributed by atoms with Crippen LogP contribution in [-0.4, -0.2) is 0 Å². The van der Waals surface area contributed by atoms with Crippen LogP contribution in [-0.2, 0) is 5.41 Å². The Balaban J connectivity index is 1.01. The minimum Gasteiger partial charge on any atom is -0.310 e. The molecule has 4 aliphatic rings. The predicted octanol–water partition coefficient (Wildman–Crippen LogP) is 15.9. The van der Waals surface area contributed by atoms with E-state index in [1.165, 1.54) is 136 Å². The van der Waals surface area contributed by atoms with Crippen molar-refractivity contribution in [1.29, 1.82) is 0 Å². The van der Waals surface area contributed by atoms with Crippen molar-refractivity contribution in [3.05, 3.63) is 174 Å². The highest BCUT2D eigenvalue weighted by molar-refractivity contribution is 6.01. The van der Waals surface area contributed by atoms with Crippen LogP contribution in [0.15, 0.2) is 152 Å². The summed E-state index contributed by atoms with van der Waals surface area (Å²) in [6, 6.07) is 58.1. The van der Waals surface area contributed by atoms with Gasteiger partial charge >= 0.3 is 0 Å². The van der Waals surface area contributed by atoms with Gasteiger partial charge < -0.3 is 4.90 Å². The average Bonchev–Trinajstić information content (AvgIpc) is 3.97. The Morgan fingerprint density at radius 1 is 0.491 bits per heavy atom. The van der Waals surface area contributed by atoms with Crippen molar-refractivity contribution < 1.29 is 0 Å². The van der Waals surface area contributed by atoms with Crippen LogP contribution < -0.4 is 4.90 Å². The molecule has 3 atom stereocenters. The number of anilines is 3. The number of rotatable bonds is 7. The number of hydrogen-bond donors (Lipinski definition) is 0. The normalized spacial score (nSPS) is 20.8. The Bertz CT molecular complexity index is 2590. The minimum absolute atomic E-state index is 0.124. The van der Waals surface area contributed by atoms with Crippen molar-refractivity contribution in [2.75, 3.05) is 4.90 Å². The summed E-state index contributed by atoms with van der Waals surface area (Å²) in [7, 11) is 0. The second kappa shape index (κ2) is 13.9. The Kier molecular flexibility index (Phi) is 8.50. The van der Waals surface area contributed by atoms with E-state index < -0.39 is 0 Å². The van der Waals surface area contributed by atoms with Crippen molar-refractivity contribution >= 4 is 27.8 Å². The third kappa shape index (κ3) is 5.96. The molecule has 1 heteroatoms. The Morgan fingerprint density at radius 3 is 1.91 bits per heavy atom. The summed E-state index contributed by atoms with van der Waals surface area (Å²) in [5.74, 6) is 3.15. The van der Waals surface area contributed by atoms with Gasteiger partial charge in [-0.15, -0.1) is 0 Å². The third-order valence-electron chi connectivity index (χ3n) is 14.8. The smallest absolute Gasteiger partial charge is 0.0540 e. The van der Waals surface area contributed by atoms with Crippen molar-refractivity contribution in [2.24, 2.45) is 11.8 Å². The van der Waals surface area contributed by atoms with Gasteiger partial charge in [0.2, 0.25) is 0 Å². The first kappa shape index (κ1) is 34.8. The molecular formula is C56H53N. The van der Waals surface area contributed by atoms with E-state index in [1.54, 1.807) is 5.56 Å². The SMILES string of the molecule is CC1(C)c2ccc(-c3ccc(-c4ccccc4)cc3)cc2-c2ccc(N(c3ccc(C4CCCCC4)cc3)c3ccc(C4CC5CCC4C5)c4ccccc34)cc21. The van der Waals surface area contributed by atoms with Gasteiger partial charge in [0.05, 0.1) is 5.69 Å². The zero-order valence-corrected chi connectivity index (χ0v) is 33.6. The van der Waals surface area contributed by atoms with Crippen LogP contribution in [0.5, 0.6) is 0 Å². The zero-order chi connectivity index (χ0) is 38.1.